The van der Waals surface area contributed by atoms with Crippen molar-refractivity contribution in [3.05, 3.63) is 28.2 Å². The van der Waals surface area contributed by atoms with E-state index >= 15 is 0 Å². The van der Waals surface area contributed by atoms with Gasteiger partial charge in [-0.25, -0.2) is 8.42 Å². The third kappa shape index (κ3) is 3.13. The van der Waals surface area contributed by atoms with E-state index in [1.807, 2.05) is 0 Å². The summed E-state index contributed by atoms with van der Waals surface area (Å²) in [5.74, 6) is 0. The Kier molecular flexibility index (Phi) is 4.97. The van der Waals surface area contributed by atoms with E-state index in [1.165, 1.54) is 25.2 Å². The van der Waals surface area contributed by atoms with E-state index in [0.717, 1.165) is 4.31 Å². The van der Waals surface area contributed by atoms with Gasteiger partial charge in [0, 0.05) is 7.05 Å². The van der Waals surface area contributed by atoms with Gasteiger partial charge in [0.2, 0.25) is 10.0 Å². The van der Waals surface area contributed by atoms with E-state index in [-0.39, 0.29) is 14.9 Å². The molecule has 100 valence electrons. The maximum Gasteiger partial charge on any atom is 0.243 e. The number of benzene rings is 1. The van der Waals surface area contributed by atoms with Gasteiger partial charge in [-0.3, -0.25) is 0 Å². The molecule has 0 saturated heterocycles. The van der Waals surface area contributed by atoms with Gasteiger partial charge < -0.3 is 5.73 Å². The molecular weight excluding hydrogens is 315 g/mol. The van der Waals surface area contributed by atoms with Gasteiger partial charge in [0.05, 0.1) is 26.0 Å². The summed E-state index contributed by atoms with van der Waals surface area (Å²) in [6.45, 7) is 1.61. The summed E-state index contributed by atoms with van der Waals surface area (Å²) < 4.78 is 25.6. The van der Waals surface area contributed by atoms with Crippen molar-refractivity contribution >= 4 is 50.4 Å². The van der Waals surface area contributed by atoms with Crippen LogP contribution in [0.4, 0.5) is 0 Å². The summed E-state index contributed by atoms with van der Waals surface area (Å²) in [4.78, 5) is 0.142. The molecule has 0 spiro atoms. The molecule has 0 heterocycles. The lowest BCUT2D eigenvalue weighted by atomic mass is 10.3. The summed E-state index contributed by atoms with van der Waals surface area (Å²) in [6, 6.07) is 3.52. The first-order valence-corrected chi connectivity index (χ1v) is 7.50. The molecule has 0 bridgehead atoms. The Hall–Kier alpha value is -0.400. The molecule has 2 N–H and O–H groups in total. The molecule has 1 rings (SSSR count). The SMILES string of the molecule is CC(C(N)=S)N(C)S(=O)(=O)c1ccc(Cl)c(Cl)c1. The fraction of sp³-hybridized carbons (Fsp3) is 0.300. The van der Waals surface area contributed by atoms with Crippen LogP contribution in [-0.2, 0) is 10.0 Å². The molecule has 0 saturated carbocycles. The van der Waals surface area contributed by atoms with E-state index < -0.39 is 16.1 Å². The van der Waals surface area contributed by atoms with Crippen molar-refractivity contribution in [2.45, 2.75) is 17.9 Å². The number of nitrogens with zero attached hydrogens (tertiary/aromatic N) is 1. The first kappa shape index (κ1) is 15.7. The second kappa shape index (κ2) is 5.71. The zero-order chi connectivity index (χ0) is 14.1. The van der Waals surface area contributed by atoms with Crippen LogP contribution in [0.15, 0.2) is 23.1 Å². The average molecular weight is 327 g/mol. The van der Waals surface area contributed by atoms with E-state index in [1.54, 1.807) is 6.92 Å². The molecule has 0 aliphatic rings. The van der Waals surface area contributed by atoms with Crippen LogP contribution in [0.5, 0.6) is 0 Å². The molecule has 0 aliphatic heterocycles. The van der Waals surface area contributed by atoms with Gasteiger partial charge in [-0.05, 0) is 25.1 Å². The van der Waals surface area contributed by atoms with Gasteiger partial charge in [-0.2, -0.15) is 4.31 Å². The Morgan fingerprint density at radius 1 is 1.39 bits per heavy atom. The van der Waals surface area contributed by atoms with Gasteiger partial charge in [0.1, 0.15) is 0 Å². The van der Waals surface area contributed by atoms with Crippen LogP contribution in [0.2, 0.25) is 10.0 Å². The maximum absolute atomic E-state index is 12.3. The van der Waals surface area contributed by atoms with Gasteiger partial charge in [0.15, 0.2) is 0 Å². The topological polar surface area (TPSA) is 63.4 Å². The number of sulfonamides is 1. The first-order valence-electron chi connectivity index (χ1n) is 4.90. The van der Waals surface area contributed by atoms with Gasteiger partial charge >= 0.3 is 0 Å². The Bertz CT molecular complexity index is 575. The van der Waals surface area contributed by atoms with Gasteiger partial charge in [-0.15, -0.1) is 0 Å². The molecular formula is C10H12Cl2N2O2S2. The number of hydrogen-bond acceptors (Lipinski definition) is 3. The second-order valence-corrected chi connectivity index (χ2v) is 6.96. The highest BCUT2D eigenvalue weighted by Gasteiger charge is 2.27. The number of nitrogens with two attached hydrogens (primary N) is 1. The normalized spacial score (nSPS) is 13.6. The number of halogens is 2. The Balaban J connectivity index is 3.21. The standard InChI is InChI=1S/C10H12Cl2N2O2S2/c1-6(10(13)17)14(2)18(15,16)7-3-4-8(11)9(12)5-7/h3-6H,1-2H3,(H2,13,17). The third-order valence-electron chi connectivity index (χ3n) is 2.53. The van der Waals surface area contributed by atoms with E-state index in [9.17, 15) is 8.42 Å². The smallest absolute Gasteiger partial charge is 0.243 e. The predicted molar refractivity (Wildman–Crippen MR) is 77.7 cm³/mol. The number of hydrogen-bond donors (Lipinski definition) is 1. The Morgan fingerprint density at radius 2 is 1.94 bits per heavy atom. The Morgan fingerprint density at radius 3 is 2.39 bits per heavy atom. The third-order valence-corrected chi connectivity index (χ3v) is 5.53. The molecule has 0 fully saturated rings. The monoisotopic (exact) mass is 326 g/mol. The van der Waals surface area contributed by atoms with Crippen LogP contribution >= 0.6 is 35.4 Å². The summed E-state index contributed by atoms with van der Waals surface area (Å²) in [5.41, 5.74) is 5.44. The minimum Gasteiger partial charge on any atom is -0.392 e. The molecule has 1 unspecified atom stereocenters. The highest BCUT2D eigenvalue weighted by molar-refractivity contribution is 7.89. The summed E-state index contributed by atoms with van der Waals surface area (Å²) in [6.07, 6.45) is 0. The van der Waals surface area contributed by atoms with E-state index in [4.69, 9.17) is 41.2 Å². The highest BCUT2D eigenvalue weighted by atomic mass is 35.5. The predicted octanol–water partition coefficient (Wildman–Crippen LogP) is 2.29. The van der Waals surface area contributed by atoms with Crippen molar-refractivity contribution in [2.24, 2.45) is 5.73 Å². The average Bonchev–Trinajstić information content (AvgIpc) is 2.30. The van der Waals surface area contributed by atoms with Crippen LogP contribution < -0.4 is 5.73 Å². The molecule has 0 amide bonds. The van der Waals surface area contributed by atoms with Crippen LogP contribution in [0, 0.1) is 0 Å². The summed E-state index contributed by atoms with van der Waals surface area (Å²) >= 11 is 16.3. The molecule has 18 heavy (non-hydrogen) atoms. The molecule has 8 heteroatoms. The number of likely N-dealkylation sites (N-methyl/N-ethyl adjacent to an activating group) is 1. The van der Waals surface area contributed by atoms with Crippen LogP contribution in [0.25, 0.3) is 0 Å². The minimum atomic E-state index is -3.70. The molecule has 0 aliphatic carbocycles. The second-order valence-electron chi connectivity index (χ2n) is 3.68. The van der Waals surface area contributed by atoms with Crippen molar-refractivity contribution in [3.63, 3.8) is 0 Å². The minimum absolute atomic E-state index is 0.0440. The zero-order valence-corrected chi connectivity index (χ0v) is 12.9. The van der Waals surface area contributed by atoms with Crippen molar-refractivity contribution in [1.82, 2.24) is 4.31 Å². The molecule has 1 atom stereocenters. The molecule has 0 radical (unpaired) electrons. The quantitative estimate of drug-likeness (QED) is 0.862. The van der Waals surface area contributed by atoms with Crippen molar-refractivity contribution < 1.29 is 8.42 Å². The van der Waals surface area contributed by atoms with Crippen molar-refractivity contribution in [3.8, 4) is 0 Å². The largest absolute Gasteiger partial charge is 0.392 e. The molecule has 1 aromatic carbocycles. The van der Waals surface area contributed by atoms with E-state index in [2.05, 4.69) is 0 Å². The molecule has 1 aromatic rings. The fourth-order valence-corrected chi connectivity index (χ4v) is 3.15. The molecule has 0 aromatic heterocycles. The fourth-order valence-electron chi connectivity index (χ4n) is 1.19. The van der Waals surface area contributed by atoms with Crippen molar-refractivity contribution in [1.29, 1.82) is 0 Å². The lowest BCUT2D eigenvalue weighted by Gasteiger charge is -2.23. The summed E-state index contributed by atoms with van der Waals surface area (Å²) in [5, 5.41) is 0.467. The maximum atomic E-state index is 12.3. The van der Waals surface area contributed by atoms with Crippen LogP contribution in [0.3, 0.4) is 0 Å². The highest BCUT2D eigenvalue weighted by Crippen LogP contribution is 2.26. The van der Waals surface area contributed by atoms with Crippen LogP contribution in [-0.4, -0.2) is 30.8 Å². The zero-order valence-electron chi connectivity index (χ0n) is 9.72. The van der Waals surface area contributed by atoms with Gasteiger partial charge in [-0.1, -0.05) is 35.4 Å². The van der Waals surface area contributed by atoms with E-state index in [0.29, 0.717) is 5.02 Å². The Labute approximate surface area is 122 Å². The van der Waals surface area contributed by atoms with Gasteiger partial charge in [0.25, 0.3) is 0 Å². The lowest BCUT2D eigenvalue weighted by Crippen LogP contribution is -2.42. The van der Waals surface area contributed by atoms with Crippen LogP contribution in [0.1, 0.15) is 6.92 Å². The first-order chi connectivity index (χ1) is 8.17. The summed E-state index contributed by atoms with van der Waals surface area (Å²) in [7, 11) is -2.30. The lowest BCUT2D eigenvalue weighted by molar-refractivity contribution is 0.451. The number of thiocarbonyl (C=S) groups is 1. The van der Waals surface area contributed by atoms with Crippen molar-refractivity contribution in [2.75, 3.05) is 7.05 Å². The number of rotatable bonds is 4. The molecule has 4 nitrogen and oxygen atoms in total.